The van der Waals surface area contributed by atoms with Crippen LogP contribution < -0.4 is 5.32 Å². The molecule has 1 saturated heterocycles. The van der Waals surface area contributed by atoms with E-state index in [4.69, 9.17) is 0 Å². The molecule has 8 nitrogen and oxygen atoms in total. The Labute approximate surface area is 185 Å². The van der Waals surface area contributed by atoms with E-state index in [1.165, 1.54) is 16.7 Å². The van der Waals surface area contributed by atoms with Gasteiger partial charge in [-0.25, -0.2) is 13.4 Å². The average Bonchev–Trinajstić information content (AvgIpc) is 3.33. The van der Waals surface area contributed by atoms with Crippen molar-refractivity contribution >= 4 is 27.7 Å². The number of rotatable bonds is 7. The molecule has 31 heavy (non-hydrogen) atoms. The second-order valence-corrected chi connectivity index (χ2v) is 10.2. The predicted molar refractivity (Wildman–Crippen MR) is 120 cm³/mol. The first-order chi connectivity index (χ1) is 15.0. The Kier molecular flexibility index (Phi) is 6.69. The first-order valence-corrected chi connectivity index (χ1v) is 12.5. The third kappa shape index (κ3) is 5.15. The van der Waals surface area contributed by atoms with E-state index in [1.807, 2.05) is 30.3 Å². The van der Waals surface area contributed by atoms with Gasteiger partial charge in [0, 0.05) is 36.7 Å². The van der Waals surface area contributed by atoms with Gasteiger partial charge in [-0.3, -0.25) is 9.48 Å². The van der Waals surface area contributed by atoms with Crippen molar-refractivity contribution in [1.29, 1.82) is 0 Å². The van der Waals surface area contributed by atoms with Crippen molar-refractivity contribution < 1.29 is 13.2 Å². The number of carbonyl (C=O) groups excluding carboxylic acids is 1. The van der Waals surface area contributed by atoms with Crippen LogP contribution >= 0.6 is 11.8 Å². The van der Waals surface area contributed by atoms with Gasteiger partial charge in [0.2, 0.25) is 10.0 Å². The molecule has 0 aliphatic carbocycles. The largest absolute Gasteiger partial charge is 0.350 e. The smallest absolute Gasteiger partial charge is 0.251 e. The van der Waals surface area contributed by atoms with Crippen molar-refractivity contribution in [1.82, 2.24) is 24.4 Å². The number of hydrogen-bond donors (Lipinski definition) is 1. The van der Waals surface area contributed by atoms with Gasteiger partial charge in [-0.15, -0.1) is 0 Å². The van der Waals surface area contributed by atoms with Crippen LogP contribution in [0.4, 0.5) is 0 Å². The number of nitrogens with zero attached hydrogens (tertiary/aromatic N) is 4. The lowest BCUT2D eigenvalue weighted by Crippen LogP contribution is -2.38. The number of carbonyl (C=O) groups is 1. The zero-order valence-corrected chi connectivity index (χ0v) is 18.5. The zero-order valence-electron chi connectivity index (χ0n) is 16.8. The van der Waals surface area contributed by atoms with Crippen LogP contribution in [0.1, 0.15) is 10.4 Å². The van der Waals surface area contributed by atoms with Crippen LogP contribution in [-0.4, -0.2) is 64.5 Å². The maximum atomic E-state index is 13.3. The molecule has 1 aromatic heterocycles. The second-order valence-electron chi connectivity index (χ2n) is 7.04. The van der Waals surface area contributed by atoms with Crippen molar-refractivity contribution in [2.75, 3.05) is 31.1 Å². The van der Waals surface area contributed by atoms with Crippen molar-refractivity contribution in [3.05, 3.63) is 66.7 Å². The van der Waals surface area contributed by atoms with Gasteiger partial charge >= 0.3 is 0 Å². The minimum absolute atomic E-state index is 0.141. The quantitative estimate of drug-likeness (QED) is 0.584. The van der Waals surface area contributed by atoms with Gasteiger partial charge in [-0.05, 0) is 29.3 Å². The lowest BCUT2D eigenvalue weighted by atomic mass is 10.0. The highest BCUT2D eigenvalue weighted by atomic mass is 32.2. The highest BCUT2D eigenvalue weighted by molar-refractivity contribution is 7.99. The van der Waals surface area contributed by atoms with Crippen LogP contribution in [0.15, 0.2) is 66.1 Å². The molecule has 0 unspecified atom stereocenters. The van der Waals surface area contributed by atoms with E-state index in [0.29, 0.717) is 37.3 Å². The van der Waals surface area contributed by atoms with Crippen molar-refractivity contribution in [3.63, 3.8) is 0 Å². The Morgan fingerprint density at radius 3 is 2.55 bits per heavy atom. The fourth-order valence-corrected chi connectivity index (χ4v) is 5.99. The van der Waals surface area contributed by atoms with E-state index in [0.717, 1.165) is 17.1 Å². The molecule has 0 saturated carbocycles. The molecule has 0 spiro atoms. The highest BCUT2D eigenvalue weighted by Gasteiger charge is 2.27. The first kappa shape index (κ1) is 21.5. The average molecular weight is 458 g/mol. The number of aromatic nitrogens is 3. The molecule has 0 atom stereocenters. The summed E-state index contributed by atoms with van der Waals surface area (Å²) in [6, 6.07) is 14.3. The summed E-state index contributed by atoms with van der Waals surface area (Å²) in [5.41, 5.74) is 1.85. The molecule has 1 aliphatic rings. The number of hydrogen-bond acceptors (Lipinski definition) is 6. The summed E-state index contributed by atoms with van der Waals surface area (Å²) in [5.74, 6) is 1.21. The van der Waals surface area contributed by atoms with Gasteiger partial charge in [0.15, 0.2) is 0 Å². The molecule has 0 radical (unpaired) electrons. The summed E-state index contributed by atoms with van der Waals surface area (Å²) in [7, 11) is -3.69. The lowest BCUT2D eigenvalue weighted by molar-refractivity contribution is 0.0951. The molecular formula is C21H23N5O3S2. The Morgan fingerprint density at radius 1 is 1.06 bits per heavy atom. The van der Waals surface area contributed by atoms with Crippen LogP contribution in [0.25, 0.3) is 11.1 Å². The third-order valence-corrected chi connectivity index (χ3v) is 7.80. The molecule has 162 valence electrons. The summed E-state index contributed by atoms with van der Waals surface area (Å²) >= 11 is 1.74. The fraction of sp³-hybridized carbons (Fsp3) is 0.286. The summed E-state index contributed by atoms with van der Waals surface area (Å²) in [6.45, 7) is 1.77. The number of benzene rings is 2. The van der Waals surface area contributed by atoms with Crippen LogP contribution in [0.3, 0.4) is 0 Å². The van der Waals surface area contributed by atoms with Gasteiger partial charge in [0.1, 0.15) is 12.7 Å². The summed E-state index contributed by atoms with van der Waals surface area (Å²) in [5, 5.41) is 6.84. The molecule has 2 aromatic carbocycles. The van der Waals surface area contributed by atoms with E-state index in [9.17, 15) is 13.2 Å². The standard InChI is InChI=1S/C21H23N5O3S2/c27-21(23-6-7-25-16-22-15-24-25)19-12-18(17-4-2-1-3-5-17)13-20(14-19)31(28,29)26-8-10-30-11-9-26/h1-5,12-16H,6-11H2,(H,23,27). The molecule has 1 amide bonds. The molecule has 0 bridgehead atoms. The van der Waals surface area contributed by atoms with E-state index in [1.54, 1.807) is 34.9 Å². The van der Waals surface area contributed by atoms with E-state index in [-0.39, 0.29) is 10.8 Å². The maximum absolute atomic E-state index is 13.3. The van der Waals surface area contributed by atoms with Gasteiger partial charge in [-0.2, -0.15) is 21.2 Å². The van der Waals surface area contributed by atoms with Crippen LogP contribution in [-0.2, 0) is 16.6 Å². The van der Waals surface area contributed by atoms with Gasteiger partial charge in [0.05, 0.1) is 11.4 Å². The maximum Gasteiger partial charge on any atom is 0.251 e. The van der Waals surface area contributed by atoms with E-state index in [2.05, 4.69) is 15.4 Å². The topological polar surface area (TPSA) is 97.2 Å². The summed E-state index contributed by atoms with van der Waals surface area (Å²) in [4.78, 5) is 16.9. The van der Waals surface area contributed by atoms with Gasteiger partial charge in [-0.1, -0.05) is 30.3 Å². The van der Waals surface area contributed by atoms with Crippen molar-refractivity contribution in [2.24, 2.45) is 0 Å². The minimum Gasteiger partial charge on any atom is -0.350 e. The zero-order chi connectivity index (χ0) is 21.7. The predicted octanol–water partition coefficient (Wildman–Crippen LogP) is 2.11. The Balaban J connectivity index is 1.64. The minimum atomic E-state index is -3.69. The Hall–Kier alpha value is -2.69. The monoisotopic (exact) mass is 457 g/mol. The number of sulfonamides is 1. The molecule has 1 aliphatic heterocycles. The molecule has 1 fully saturated rings. The molecule has 10 heteroatoms. The third-order valence-electron chi connectivity index (χ3n) is 4.98. The Morgan fingerprint density at radius 2 is 1.84 bits per heavy atom. The van der Waals surface area contributed by atoms with E-state index < -0.39 is 10.0 Å². The van der Waals surface area contributed by atoms with Crippen LogP contribution in [0, 0.1) is 0 Å². The van der Waals surface area contributed by atoms with E-state index >= 15 is 0 Å². The first-order valence-electron chi connectivity index (χ1n) is 9.93. The molecule has 2 heterocycles. The number of amides is 1. The van der Waals surface area contributed by atoms with Crippen LogP contribution in [0.5, 0.6) is 0 Å². The molecular weight excluding hydrogens is 434 g/mol. The summed E-state index contributed by atoms with van der Waals surface area (Å²) < 4.78 is 29.7. The molecule has 1 N–H and O–H groups in total. The number of nitrogens with one attached hydrogen (secondary N) is 1. The fourth-order valence-electron chi connectivity index (χ4n) is 3.35. The lowest BCUT2D eigenvalue weighted by Gasteiger charge is -2.26. The van der Waals surface area contributed by atoms with Crippen molar-refractivity contribution in [3.8, 4) is 11.1 Å². The van der Waals surface area contributed by atoms with Gasteiger partial charge in [0.25, 0.3) is 5.91 Å². The Bertz CT molecular complexity index is 1130. The van der Waals surface area contributed by atoms with Gasteiger partial charge < -0.3 is 5.32 Å². The molecule has 3 aromatic rings. The second kappa shape index (κ2) is 9.63. The van der Waals surface area contributed by atoms with Crippen LogP contribution in [0.2, 0.25) is 0 Å². The van der Waals surface area contributed by atoms with Crippen molar-refractivity contribution in [2.45, 2.75) is 11.4 Å². The molecule has 4 rings (SSSR count). The SMILES string of the molecule is O=C(NCCn1cncn1)c1cc(-c2ccccc2)cc(S(=O)(=O)N2CCSCC2)c1. The number of thioether (sulfide) groups is 1. The highest BCUT2D eigenvalue weighted by Crippen LogP contribution is 2.27. The normalized spacial score (nSPS) is 15.0. The summed E-state index contributed by atoms with van der Waals surface area (Å²) in [6.07, 6.45) is 3.01.